The summed E-state index contributed by atoms with van der Waals surface area (Å²) in [7, 11) is 2.13. The number of hydrogen-bond donors (Lipinski definition) is 0. The van der Waals surface area contributed by atoms with Crippen molar-refractivity contribution in [1.82, 2.24) is 4.90 Å². The molecule has 1 nitrogen and oxygen atoms in total. The summed E-state index contributed by atoms with van der Waals surface area (Å²) in [4.78, 5) is 2.29. The van der Waals surface area contributed by atoms with Crippen molar-refractivity contribution in [2.75, 3.05) is 20.1 Å². The lowest BCUT2D eigenvalue weighted by molar-refractivity contribution is 0.313. The molecular weight excluding hydrogens is 158 g/mol. The molecular formula is C9H20ClN. The van der Waals surface area contributed by atoms with Crippen molar-refractivity contribution in [3.05, 3.63) is 0 Å². The summed E-state index contributed by atoms with van der Waals surface area (Å²) in [6.07, 6.45) is 1.26. The molecule has 0 amide bonds. The second-order valence-electron chi connectivity index (χ2n) is 3.73. The topological polar surface area (TPSA) is 3.24 Å². The first kappa shape index (κ1) is 11.2. The third-order valence-corrected chi connectivity index (χ3v) is 1.79. The van der Waals surface area contributed by atoms with E-state index in [0.29, 0.717) is 0 Å². The SMILES string of the molecule is CC(C)CCN(C)CC(C)Cl. The molecule has 2 heteroatoms. The van der Waals surface area contributed by atoms with Crippen LogP contribution in [0, 0.1) is 5.92 Å². The Labute approximate surface area is 75.7 Å². The van der Waals surface area contributed by atoms with Crippen molar-refractivity contribution in [2.24, 2.45) is 5.92 Å². The van der Waals surface area contributed by atoms with Crippen LogP contribution in [-0.2, 0) is 0 Å². The molecule has 0 aliphatic heterocycles. The van der Waals surface area contributed by atoms with Gasteiger partial charge in [-0.25, -0.2) is 0 Å². The van der Waals surface area contributed by atoms with Crippen LogP contribution in [0.25, 0.3) is 0 Å². The highest BCUT2D eigenvalue weighted by molar-refractivity contribution is 6.20. The summed E-state index contributed by atoms with van der Waals surface area (Å²) in [5.41, 5.74) is 0. The molecule has 0 N–H and O–H groups in total. The fraction of sp³-hybridized carbons (Fsp3) is 1.00. The van der Waals surface area contributed by atoms with Gasteiger partial charge in [0.25, 0.3) is 0 Å². The minimum absolute atomic E-state index is 0.271. The van der Waals surface area contributed by atoms with E-state index in [4.69, 9.17) is 11.6 Å². The lowest BCUT2D eigenvalue weighted by Crippen LogP contribution is -2.26. The van der Waals surface area contributed by atoms with Gasteiger partial charge in [0.2, 0.25) is 0 Å². The van der Waals surface area contributed by atoms with Gasteiger partial charge in [0.05, 0.1) is 0 Å². The predicted molar refractivity (Wildman–Crippen MR) is 52.3 cm³/mol. The molecule has 0 rings (SSSR count). The number of alkyl halides is 1. The molecule has 0 saturated heterocycles. The number of rotatable bonds is 5. The number of hydrogen-bond acceptors (Lipinski definition) is 1. The highest BCUT2D eigenvalue weighted by atomic mass is 35.5. The first-order chi connectivity index (χ1) is 5.02. The fourth-order valence-corrected chi connectivity index (χ4v) is 1.23. The van der Waals surface area contributed by atoms with Crippen molar-refractivity contribution in [3.63, 3.8) is 0 Å². The molecule has 68 valence electrons. The zero-order valence-corrected chi connectivity index (χ0v) is 8.86. The van der Waals surface area contributed by atoms with Gasteiger partial charge in [0.15, 0.2) is 0 Å². The molecule has 0 fully saturated rings. The Morgan fingerprint density at radius 1 is 1.27 bits per heavy atom. The molecule has 0 aliphatic carbocycles. The number of halogens is 1. The van der Waals surface area contributed by atoms with Gasteiger partial charge in [-0.1, -0.05) is 13.8 Å². The zero-order valence-electron chi connectivity index (χ0n) is 8.10. The Kier molecular flexibility index (Phi) is 5.98. The smallest absolute Gasteiger partial charge is 0.0434 e. The van der Waals surface area contributed by atoms with Crippen LogP contribution in [0.5, 0.6) is 0 Å². The predicted octanol–water partition coefficient (Wildman–Crippen LogP) is 2.59. The molecule has 0 heterocycles. The summed E-state index contributed by atoms with van der Waals surface area (Å²) < 4.78 is 0. The van der Waals surface area contributed by atoms with E-state index in [1.54, 1.807) is 0 Å². The first-order valence-corrected chi connectivity index (χ1v) is 4.78. The lowest BCUT2D eigenvalue weighted by atomic mass is 10.1. The van der Waals surface area contributed by atoms with Crippen LogP contribution in [0.4, 0.5) is 0 Å². The highest BCUT2D eigenvalue weighted by Crippen LogP contribution is 2.02. The zero-order chi connectivity index (χ0) is 8.85. The molecule has 0 aromatic heterocycles. The van der Waals surface area contributed by atoms with Crippen LogP contribution in [0.2, 0.25) is 0 Å². The van der Waals surface area contributed by atoms with Crippen LogP contribution in [-0.4, -0.2) is 30.4 Å². The molecule has 0 aliphatic rings. The summed E-state index contributed by atoms with van der Waals surface area (Å²) in [6, 6.07) is 0. The minimum atomic E-state index is 0.271. The van der Waals surface area contributed by atoms with Gasteiger partial charge in [0.1, 0.15) is 0 Å². The van der Waals surface area contributed by atoms with Crippen molar-refractivity contribution in [1.29, 1.82) is 0 Å². The third-order valence-electron chi connectivity index (χ3n) is 1.65. The lowest BCUT2D eigenvalue weighted by Gasteiger charge is -2.18. The van der Waals surface area contributed by atoms with Crippen LogP contribution < -0.4 is 0 Å². The maximum Gasteiger partial charge on any atom is 0.0434 e. The summed E-state index contributed by atoms with van der Waals surface area (Å²) in [5, 5.41) is 0.271. The van der Waals surface area contributed by atoms with Crippen molar-refractivity contribution >= 4 is 11.6 Å². The van der Waals surface area contributed by atoms with E-state index in [0.717, 1.165) is 19.0 Å². The Bertz CT molecular complexity index is 91.6. The second kappa shape index (κ2) is 5.84. The van der Waals surface area contributed by atoms with Gasteiger partial charge in [-0.05, 0) is 32.9 Å². The van der Waals surface area contributed by atoms with E-state index in [2.05, 4.69) is 25.8 Å². The number of nitrogens with zero attached hydrogens (tertiary/aromatic N) is 1. The van der Waals surface area contributed by atoms with Gasteiger partial charge >= 0.3 is 0 Å². The Morgan fingerprint density at radius 3 is 2.18 bits per heavy atom. The molecule has 0 saturated carbocycles. The van der Waals surface area contributed by atoms with E-state index in [9.17, 15) is 0 Å². The fourth-order valence-electron chi connectivity index (χ4n) is 0.999. The van der Waals surface area contributed by atoms with E-state index in [-0.39, 0.29) is 5.38 Å². The van der Waals surface area contributed by atoms with Crippen molar-refractivity contribution in [3.8, 4) is 0 Å². The minimum Gasteiger partial charge on any atom is -0.305 e. The molecule has 1 atom stereocenters. The maximum atomic E-state index is 5.85. The van der Waals surface area contributed by atoms with Gasteiger partial charge in [0, 0.05) is 11.9 Å². The van der Waals surface area contributed by atoms with Crippen LogP contribution in [0.15, 0.2) is 0 Å². The summed E-state index contributed by atoms with van der Waals surface area (Å²) in [6.45, 7) is 8.69. The molecule has 0 spiro atoms. The average molecular weight is 178 g/mol. The quantitative estimate of drug-likeness (QED) is 0.584. The molecule has 0 bridgehead atoms. The van der Waals surface area contributed by atoms with Gasteiger partial charge in [-0.2, -0.15) is 0 Å². The van der Waals surface area contributed by atoms with Gasteiger partial charge in [-0.15, -0.1) is 11.6 Å². The van der Waals surface area contributed by atoms with Crippen molar-refractivity contribution < 1.29 is 0 Å². The second-order valence-corrected chi connectivity index (χ2v) is 4.47. The highest BCUT2D eigenvalue weighted by Gasteiger charge is 2.03. The maximum absolute atomic E-state index is 5.85. The summed E-state index contributed by atoms with van der Waals surface area (Å²) >= 11 is 5.85. The van der Waals surface area contributed by atoms with E-state index < -0.39 is 0 Å². The van der Waals surface area contributed by atoms with Crippen LogP contribution >= 0.6 is 11.6 Å². The molecule has 0 aromatic carbocycles. The summed E-state index contributed by atoms with van der Waals surface area (Å²) in [5.74, 6) is 0.795. The molecule has 0 aromatic rings. The van der Waals surface area contributed by atoms with Gasteiger partial charge in [-0.3, -0.25) is 0 Å². The first-order valence-electron chi connectivity index (χ1n) is 4.35. The van der Waals surface area contributed by atoms with E-state index >= 15 is 0 Å². The van der Waals surface area contributed by atoms with E-state index in [1.807, 2.05) is 6.92 Å². The van der Waals surface area contributed by atoms with E-state index in [1.165, 1.54) is 6.42 Å². The average Bonchev–Trinajstić information content (AvgIpc) is 1.82. The Hall–Kier alpha value is 0.250. The Balaban J connectivity index is 3.29. The molecule has 11 heavy (non-hydrogen) atoms. The van der Waals surface area contributed by atoms with Gasteiger partial charge < -0.3 is 4.90 Å². The largest absolute Gasteiger partial charge is 0.305 e. The third kappa shape index (κ3) is 8.15. The Morgan fingerprint density at radius 2 is 1.82 bits per heavy atom. The molecule has 0 radical (unpaired) electrons. The molecule has 1 unspecified atom stereocenters. The standard InChI is InChI=1S/C9H20ClN/c1-8(2)5-6-11(4)7-9(3)10/h8-9H,5-7H2,1-4H3. The van der Waals surface area contributed by atoms with Crippen LogP contribution in [0.3, 0.4) is 0 Å². The normalized spacial score (nSPS) is 14.5. The monoisotopic (exact) mass is 177 g/mol. The van der Waals surface area contributed by atoms with Crippen LogP contribution in [0.1, 0.15) is 27.2 Å². The van der Waals surface area contributed by atoms with Crippen molar-refractivity contribution in [2.45, 2.75) is 32.6 Å².